The lowest BCUT2D eigenvalue weighted by molar-refractivity contribution is 0.159. The molecule has 2 N–H and O–H groups in total. The minimum Gasteiger partial charge on any atom is -0.481 e. The summed E-state index contributed by atoms with van der Waals surface area (Å²) >= 11 is 0. The first-order chi connectivity index (χ1) is 8.10. The molecular weight excluding hydrogens is 218 g/mol. The van der Waals surface area contributed by atoms with Gasteiger partial charge in [0.15, 0.2) is 0 Å². The number of hydrogen-bond donors (Lipinski definition) is 2. The highest BCUT2D eigenvalue weighted by molar-refractivity contribution is 5.30. The molecule has 0 aliphatic carbocycles. The van der Waals surface area contributed by atoms with Gasteiger partial charge in [-0.2, -0.15) is 5.10 Å². The van der Waals surface area contributed by atoms with Crippen LogP contribution in [-0.2, 0) is 13.6 Å². The molecule has 1 aromatic heterocycles. The van der Waals surface area contributed by atoms with E-state index in [4.69, 9.17) is 4.74 Å². The molecule has 0 aliphatic heterocycles. The minimum atomic E-state index is -0.209. The number of ether oxygens (including phenoxy) is 1. The normalized spacial score (nSPS) is 12.8. The van der Waals surface area contributed by atoms with Crippen LogP contribution in [0.5, 0.6) is 5.88 Å². The van der Waals surface area contributed by atoms with Crippen molar-refractivity contribution in [1.82, 2.24) is 15.1 Å². The van der Waals surface area contributed by atoms with Crippen LogP contribution in [0.25, 0.3) is 0 Å². The second kappa shape index (κ2) is 6.61. The number of nitrogens with zero attached hydrogens (tertiary/aromatic N) is 2. The number of rotatable bonds is 7. The SMILES string of the molecule is CCC(O)CCNCc1c(C)nn(C)c1OC. The number of nitrogens with one attached hydrogen (secondary N) is 1. The Kier molecular flexibility index (Phi) is 5.44. The Morgan fingerprint density at radius 3 is 2.82 bits per heavy atom. The molecule has 0 bridgehead atoms. The molecular formula is C12H23N3O2. The van der Waals surface area contributed by atoms with Crippen molar-refractivity contribution in [1.29, 1.82) is 0 Å². The summed E-state index contributed by atoms with van der Waals surface area (Å²) in [5, 5.41) is 17.1. The van der Waals surface area contributed by atoms with Crippen molar-refractivity contribution in [3.63, 3.8) is 0 Å². The van der Waals surface area contributed by atoms with Crippen molar-refractivity contribution in [3.05, 3.63) is 11.3 Å². The van der Waals surface area contributed by atoms with E-state index < -0.39 is 0 Å². The van der Waals surface area contributed by atoms with E-state index in [2.05, 4.69) is 10.4 Å². The van der Waals surface area contributed by atoms with Crippen molar-refractivity contribution in [2.45, 2.75) is 39.3 Å². The second-order valence-corrected chi connectivity index (χ2v) is 4.22. The van der Waals surface area contributed by atoms with E-state index in [-0.39, 0.29) is 6.10 Å². The van der Waals surface area contributed by atoms with Crippen LogP contribution >= 0.6 is 0 Å². The molecule has 0 spiro atoms. The van der Waals surface area contributed by atoms with Crippen LogP contribution in [0.15, 0.2) is 0 Å². The van der Waals surface area contributed by atoms with Gasteiger partial charge in [-0.05, 0) is 26.3 Å². The van der Waals surface area contributed by atoms with E-state index >= 15 is 0 Å². The summed E-state index contributed by atoms with van der Waals surface area (Å²) in [5.74, 6) is 0.797. The van der Waals surface area contributed by atoms with Gasteiger partial charge in [0.25, 0.3) is 0 Å². The molecule has 98 valence electrons. The summed E-state index contributed by atoms with van der Waals surface area (Å²) in [6.07, 6.45) is 1.37. The molecule has 0 fully saturated rings. The van der Waals surface area contributed by atoms with Crippen LogP contribution in [0, 0.1) is 6.92 Å². The monoisotopic (exact) mass is 241 g/mol. The molecule has 0 radical (unpaired) electrons. The van der Waals surface area contributed by atoms with Gasteiger partial charge in [0.1, 0.15) is 0 Å². The Labute approximate surface area is 103 Å². The lowest BCUT2D eigenvalue weighted by Crippen LogP contribution is -2.20. The molecule has 1 atom stereocenters. The molecule has 5 nitrogen and oxygen atoms in total. The Bertz CT molecular complexity index is 350. The minimum absolute atomic E-state index is 0.209. The first-order valence-electron chi connectivity index (χ1n) is 6.05. The van der Waals surface area contributed by atoms with Gasteiger partial charge in [-0.25, -0.2) is 4.68 Å². The van der Waals surface area contributed by atoms with Crippen LogP contribution in [0.1, 0.15) is 31.0 Å². The molecule has 0 aliphatic rings. The van der Waals surface area contributed by atoms with Gasteiger partial charge in [0.2, 0.25) is 5.88 Å². The highest BCUT2D eigenvalue weighted by Crippen LogP contribution is 2.20. The maximum Gasteiger partial charge on any atom is 0.216 e. The van der Waals surface area contributed by atoms with Gasteiger partial charge in [-0.1, -0.05) is 6.92 Å². The zero-order valence-corrected chi connectivity index (χ0v) is 11.2. The first kappa shape index (κ1) is 14.0. The van der Waals surface area contributed by atoms with Crippen LogP contribution < -0.4 is 10.1 Å². The van der Waals surface area contributed by atoms with Gasteiger partial charge in [-0.3, -0.25) is 0 Å². The molecule has 1 unspecified atom stereocenters. The molecule has 0 amide bonds. The maximum atomic E-state index is 9.43. The fraction of sp³-hybridized carbons (Fsp3) is 0.750. The Balaban J connectivity index is 2.46. The smallest absolute Gasteiger partial charge is 0.216 e. The Morgan fingerprint density at radius 1 is 1.53 bits per heavy atom. The van der Waals surface area contributed by atoms with E-state index in [9.17, 15) is 5.11 Å². The molecule has 0 aromatic carbocycles. The van der Waals surface area contributed by atoms with Gasteiger partial charge in [0.05, 0.1) is 24.5 Å². The average Bonchev–Trinajstić information content (AvgIpc) is 2.58. The zero-order chi connectivity index (χ0) is 12.8. The Hall–Kier alpha value is -1.07. The summed E-state index contributed by atoms with van der Waals surface area (Å²) in [4.78, 5) is 0. The molecule has 5 heteroatoms. The van der Waals surface area contributed by atoms with Crippen LogP contribution in [0.3, 0.4) is 0 Å². The first-order valence-corrected chi connectivity index (χ1v) is 6.05. The third-order valence-corrected chi connectivity index (χ3v) is 2.91. The Morgan fingerprint density at radius 2 is 2.24 bits per heavy atom. The number of aryl methyl sites for hydroxylation is 2. The molecule has 1 aromatic rings. The van der Waals surface area contributed by atoms with Gasteiger partial charge < -0.3 is 15.2 Å². The molecule has 17 heavy (non-hydrogen) atoms. The van der Waals surface area contributed by atoms with E-state index in [1.54, 1.807) is 11.8 Å². The number of aromatic nitrogens is 2. The topological polar surface area (TPSA) is 59.3 Å². The van der Waals surface area contributed by atoms with Crippen molar-refractivity contribution in [2.24, 2.45) is 7.05 Å². The average molecular weight is 241 g/mol. The summed E-state index contributed by atoms with van der Waals surface area (Å²) < 4.78 is 7.05. The van der Waals surface area contributed by atoms with Crippen LogP contribution in [0.2, 0.25) is 0 Å². The standard InChI is InChI=1S/C12H23N3O2/c1-5-10(16)6-7-13-8-11-9(2)14-15(3)12(11)17-4/h10,13,16H,5-8H2,1-4H3. The number of methoxy groups -OCH3 is 1. The number of aliphatic hydroxyl groups is 1. The summed E-state index contributed by atoms with van der Waals surface area (Å²) in [6, 6.07) is 0. The quantitative estimate of drug-likeness (QED) is 0.699. The van der Waals surface area contributed by atoms with Crippen molar-refractivity contribution >= 4 is 0 Å². The lowest BCUT2D eigenvalue weighted by atomic mass is 10.2. The van der Waals surface area contributed by atoms with Crippen molar-refractivity contribution < 1.29 is 9.84 Å². The predicted molar refractivity (Wildman–Crippen MR) is 67.1 cm³/mol. The van der Waals surface area contributed by atoms with Crippen LogP contribution in [0.4, 0.5) is 0 Å². The predicted octanol–water partition coefficient (Wildman–Crippen LogP) is 0.988. The van der Waals surface area contributed by atoms with Gasteiger partial charge in [0, 0.05) is 13.6 Å². The molecule has 0 saturated heterocycles. The van der Waals surface area contributed by atoms with Gasteiger partial charge >= 0.3 is 0 Å². The summed E-state index contributed by atoms with van der Waals surface area (Å²) in [6.45, 7) is 5.48. The van der Waals surface area contributed by atoms with E-state index in [0.717, 1.165) is 43.1 Å². The van der Waals surface area contributed by atoms with Crippen molar-refractivity contribution in [2.75, 3.05) is 13.7 Å². The summed E-state index contributed by atoms with van der Waals surface area (Å²) in [5.41, 5.74) is 2.06. The van der Waals surface area contributed by atoms with E-state index in [1.807, 2.05) is 20.9 Å². The third kappa shape index (κ3) is 3.71. The van der Waals surface area contributed by atoms with E-state index in [1.165, 1.54) is 0 Å². The fourth-order valence-corrected chi connectivity index (χ4v) is 1.83. The van der Waals surface area contributed by atoms with Crippen molar-refractivity contribution in [3.8, 4) is 5.88 Å². The molecule has 1 rings (SSSR count). The zero-order valence-electron chi connectivity index (χ0n) is 11.2. The fourth-order valence-electron chi connectivity index (χ4n) is 1.83. The molecule has 1 heterocycles. The maximum absolute atomic E-state index is 9.43. The largest absolute Gasteiger partial charge is 0.481 e. The van der Waals surface area contributed by atoms with E-state index in [0.29, 0.717) is 0 Å². The lowest BCUT2D eigenvalue weighted by Gasteiger charge is -2.09. The number of hydrogen-bond acceptors (Lipinski definition) is 4. The second-order valence-electron chi connectivity index (χ2n) is 4.22. The summed E-state index contributed by atoms with van der Waals surface area (Å²) in [7, 11) is 3.52. The van der Waals surface area contributed by atoms with Gasteiger partial charge in [-0.15, -0.1) is 0 Å². The van der Waals surface area contributed by atoms with Crippen LogP contribution in [-0.4, -0.2) is 34.6 Å². The number of aliphatic hydroxyl groups excluding tert-OH is 1. The highest BCUT2D eigenvalue weighted by Gasteiger charge is 2.13. The molecule has 0 saturated carbocycles. The third-order valence-electron chi connectivity index (χ3n) is 2.91. The highest BCUT2D eigenvalue weighted by atomic mass is 16.5.